The van der Waals surface area contributed by atoms with E-state index < -0.39 is 21.9 Å². The number of fused-ring (bicyclic) bond motifs is 1. The summed E-state index contributed by atoms with van der Waals surface area (Å²) in [7, 11) is -0.792. The Morgan fingerprint density at radius 3 is 2.16 bits per heavy atom. The lowest BCUT2D eigenvalue weighted by molar-refractivity contribution is 0.0526. The van der Waals surface area contributed by atoms with Crippen molar-refractivity contribution in [1.82, 2.24) is 8.87 Å². The molecular weight excluding hydrogens is 518 g/mol. The van der Waals surface area contributed by atoms with E-state index in [0.29, 0.717) is 16.9 Å². The van der Waals surface area contributed by atoms with E-state index in [1.54, 1.807) is 19.1 Å². The van der Waals surface area contributed by atoms with E-state index in [9.17, 15) is 18.0 Å². The summed E-state index contributed by atoms with van der Waals surface area (Å²) in [5.41, 5.74) is 1.53. The Morgan fingerprint density at radius 1 is 0.973 bits per heavy atom. The van der Waals surface area contributed by atoms with Crippen LogP contribution in [0.15, 0.2) is 52.4 Å². The quantitative estimate of drug-likeness (QED) is 0.319. The first kappa shape index (κ1) is 28.7. The molecule has 0 N–H and O–H groups in total. The van der Waals surface area contributed by atoms with Gasteiger partial charge in [-0.1, -0.05) is 11.3 Å². The number of thiazole rings is 1. The fourth-order valence-electron chi connectivity index (χ4n) is 3.61. The van der Waals surface area contributed by atoms with Gasteiger partial charge in [-0.2, -0.15) is 9.30 Å². The van der Waals surface area contributed by atoms with Crippen LogP contribution in [0, 0.1) is 0 Å². The molecule has 0 aliphatic carbocycles. The number of sulfonamides is 1. The van der Waals surface area contributed by atoms with Crippen molar-refractivity contribution in [2.75, 3.05) is 47.1 Å². The normalized spacial score (nSPS) is 12.4. The fourth-order valence-corrected chi connectivity index (χ4v) is 6.15. The molecule has 0 saturated heterocycles. The maximum atomic E-state index is 13.1. The summed E-state index contributed by atoms with van der Waals surface area (Å²) in [5, 5.41) is 0. The molecule has 10 nitrogen and oxygen atoms in total. The molecule has 1 aromatic heterocycles. The van der Waals surface area contributed by atoms with E-state index in [2.05, 4.69) is 4.99 Å². The van der Waals surface area contributed by atoms with Crippen LogP contribution in [0.5, 0.6) is 0 Å². The Hall–Kier alpha value is -2.90. The Balaban J connectivity index is 1.90. The third kappa shape index (κ3) is 6.70. The van der Waals surface area contributed by atoms with Crippen LogP contribution in [0.3, 0.4) is 0 Å². The smallest absolute Gasteiger partial charge is 0.338 e. The summed E-state index contributed by atoms with van der Waals surface area (Å²) < 4.78 is 45.3. The standard InChI is InChI=1S/C25H31N3O7S2/c1-5-28-21-12-9-19(24(30)35-6-2)17-22(21)36-25(28)26-23(29)18-7-10-20(11-8-18)37(31,32)27(13-15-33-3)14-16-34-4/h7-12,17H,5-6,13-16H2,1-4H3. The third-order valence-electron chi connectivity index (χ3n) is 5.54. The van der Waals surface area contributed by atoms with Crippen LogP contribution in [0.4, 0.5) is 0 Å². The molecule has 1 heterocycles. The van der Waals surface area contributed by atoms with E-state index in [1.807, 2.05) is 17.6 Å². The van der Waals surface area contributed by atoms with Gasteiger partial charge in [0, 0.05) is 39.4 Å². The summed E-state index contributed by atoms with van der Waals surface area (Å²) in [6, 6.07) is 10.9. The van der Waals surface area contributed by atoms with Crippen molar-refractivity contribution in [3.05, 3.63) is 58.4 Å². The number of methoxy groups -OCH3 is 2. The minimum Gasteiger partial charge on any atom is -0.462 e. The number of carbonyl (C=O) groups is 2. The molecule has 3 rings (SSSR count). The van der Waals surface area contributed by atoms with Crippen molar-refractivity contribution in [2.24, 2.45) is 4.99 Å². The largest absolute Gasteiger partial charge is 0.462 e. The van der Waals surface area contributed by atoms with Gasteiger partial charge < -0.3 is 18.8 Å². The minimum absolute atomic E-state index is 0.0632. The number of carbonyl (C=O) groups excluding carboxylic acids is 2. The SMILES string of the molecule is CCOC(=O)c1ccc2c(c1)sc(=NC(=O)c1ccc(S(=O)(=O)N(CCOC)CCOC)cc1)n2CC. The second kappa shape index (κ2) is 13.1. The monoisotopic (exact) mass is 549 g/mol. The lowest BCUT2D eigenvalue weighted by atomic mass is 10.2. The van der Waals surface area contributed by atoms with E-state index >= 15 is 0 Å². The summed E-state index contributed by atoms with van der Waals surface area (Å²) >= 11 is 1.29. The molecule has 2 aromatic carbocycles. The van der Waals surface area contributed by atoms with Crippen molar-refractivity contribution in [3.8, 4) is 0 Å². The first-order valence-corrected chi connectivity index (χ1v) is 14.0. The van der Waals surface area contributed by atoms with E-state index in [-0.39, 0.29) is 43.4 Å². The highest BCUT2D eigenvalue weighted by Gasteiger charge is 2.24. The number of hydrogen-bond donors (Lipinski definition) is 0. The maximum absolute atomic E-state index is 13.1. The van der Waals surface area contributed by atoms with Gasteiger partial charge in [0.25, 0.3) is 5.91 Å². The molecule has 200 valence electrons. The zero-order valence-corrected chi connectivity index (χ0v) is 22.9. The van der Waals surface area contributed by atoms with Gasteiger partial charge in [-0.05, 0) is 56.3 Å². The van der Waals surface area contributed by atoms with Gasteiger partial charge in [-0.15, -0.1) is 0 Å². The van der Waals surface area contributed by atoms with Crippen molar-refractivity contribution >= 4 is 43.5 Å². The van der Waals surface area contributed by atoms with Crippen LogP contribution in [0.2, 0.25) is 0 Å². The Morgan fingerprint density at radius 2 is 1.59 bits per heavy atom. The average molecular weight is 550 g/mol. The van der Waals surface area contributed by atoms with Gasteiger partial charge in [0.1, 0.15) is 0 Å². The summed E-state index contributed by atoms with van der Waals surface area (Å²) in [6.07, 6.45) is 0. The molecule has 0 spiro atoms. The highest BCUT2D eigenvalue weighted by Crippen LogP contribution is 2.21. The highest BCUT2D eigenvalue weighted by atomic mass is 32.2. The van der Waals surface area contributed by atoms with Gasteiger partial charge in [-0.3, -0.25) is 4.79 Å². The van der Waals surface area contributed by atoms with Gasteiger partial charge >= 0.3 is 5.97 Å². The number of aromatic nitrogens is 1. The zero-order valence-electron chi connectivity index (χ0n) is 21.3. The second-order valence-corrected chi connectivity index (χ2v) is 10.8. The van der Waals surface area contributed by atoms with Crippen LogP contribution in [0.25, 0.3) is 10.2 Å². The van der Waals surface area contributed by atoms with Crippen molar-refractivity contribution < 1.29 is 32.2 Å². The lowest BCUT2D eigenvalue weighted by Crippen LogP contribution is -2.36. The fraction of sp³-hybridized carbons (Fsp3) is 0.400. The Labute approximate surface area is 220 Å². The Kier molecular flexibility index (Phi) is 10.1. The predicted octanol–water partition coefficient (Wildman–Crippen LogP) is 2.92. The molecule has 0 aliphatic rings. The number of ether oxygens (including phenoxy) is 3. The van der Waals surface area contributed by atoms with Crippen LogP contribution in [0.1, 0.15) is 34.6 Å². The van der Waals surface area contributed by atoms with Crippen LogP contribution < -0.4 is 4.80 Å². The van der Waals surface area contributed by atoms with E-state index in [4.69, 9.17) is 14.2 Å². The summed E-state index contributed by atoms with van der Waals surface area (Å²) in [4.78, 5) is 29.9. The summed E-state index contributed by atoms with van der Waals surface area (Å²) in [5.74, 6) is -0.910. The second-order valence-electron chi connectivity index (χ2n) is 7.86. The molecule has 0 fully saturated rings. The first-order chi connectivity index (χ1) is 17.8. The lowest BCUT2D eigenvalue weighted by Gasteiger charge is -2.21. The van der Waals surface area contributed by atoms with E-state index in [1.165, 1.54) is 54.1 Å². The number of aryl methyl sites for hydroxylation is 1. The highest BCUT2D eigenvalue weighted by molar-refractivity contribution is 7.89. The number of benzene rings is 2. The molecule has 0 aliphatic heterocycles. The number of amides is 1. The van der Waals surface area contributed by atoms with E-state index in [0.717, 1.165) is 10.2 Å². The Bertz CT molecular complexity index is 1400. The molecule has 3 aromatic rings. The number of esters is 1. The third-order valence-corrected chi connectivity index (χ3v) is 8.49. The topological polar surface area (TPSA) is 116 Å². The van der Waals surface area contributed by atoms with Crippen molar-refractivity contribution in [2.45, 2.75) is 25.3 Å². The molecule has 0 unspecified atom stereocenters. The summed E-state index contributed by atoms with van der Waals surface area (Å²) in [6.45, 7) is 5.38. The number of nitrogens with zero attached hydrogens (tertiary/aromatic N) is 3. The van der Waals surface area contributed by atoms with Crippen LogP contribution in [-0.2, 0) is 30.8 Å². The zero-order chi connectivity index (χ0) is 27.0. The molecule has 0 atom stereocenters. The molecule has 0 radical (unpaired) electrons. The number of hydrogen-bond acceptors (Lipinski definition) is 8. The minimum atomic E-state index is -3.80. The first-order valence-electron chi connectivity index (χ1n) is 11.7. The van der Waals surface area contributed by atoms with Gasteiger partial charge in [0.2, 0.25) is 10.0 Å². The van der Waals surface area contributed by atoms with Crippen LogP contribution >= 0.6 is 11.3 Å². The molecule has 0 bridgehead atoms. The van der Waals surface area contributed by atoms with Gasteiger partial charge in [-0.25, -0.2) is 13.2 Å². The van der Waals surface area contributed by atoms with Crippen molar-refractivity contribution in [1.29, 1.82) is 0 Å². The van der Waals surface area contributed by atoms with Gasteiger partial charge in [0.05, 0.1) is 40.5 Å². The molecule has 0 saturated carbocycles. The number of rotatable bonds is 12. The molecule has 37 heavy (non-hydrogen) atoms. The van der Waals surface area contributed by atoms with Crippen molar-refractivity contribution in [3.63, 3.8) is 0 Å². The molecule has 12 heteroatoms. The molecule has 1 amide bonds. The van der Waals surface area contributed by atoms with Gasteiger partial charge in [0.15, 0.2) is 4.80 Å². The average Bonchev–Trinajstić information content (AvgIpc) is 3.24. The maximum Gasteiger partial charge on any atom is 0.338 e. The predicted molar refractivity (Wildman–Crippen MR) is 140 cm³/mol. The van der Waals surface area contributed by atoms with Crippen LogP contribution in [-0.4, -0.2) is 76.3 Å². The molecular formula is C25H31N3O7S2.